The number of carbonyl (C=O) groups excluding carboxylic acids is 1. The van der Waals surface area contributed by atoms with Crippen LogP contribution in [0.1, 0.15) is 20.3 Å². The van der Waals surface area contributed by atoms with Gasteiger partial charge in [0.25, 0.3) is 0 Å². The average Bonchev–Trinajstić information content (AvgIpc) is 2.30. The van der Waals surface area contributed by atoms with Crippen LogP contribution >= 0.6 is 15.9 Å². The minimum absolute atomic E-state index is 0.393. The Labute approximate surface area is 116 Å². The van der Waals surface area contributed by atoms with Crippen molar-refractivity contribution < 1.29 is 9.53 Å². The Kier molecular flexibility index (Phi) is 5.16. The molecule has 0 aliphatic carbocycles. The Bertz CT molecular complexity index is 421. The van der Waals surface area contributed by atoms with Crippen LogP contribution in [0.15, 0.2) is 28.7 Å². The smallest absolute Gasteiger partial charge is 0.240 e. The molecule has 1 unspecified atom stereocenters. The predicted molar refractivity (Wildman–Crippen MR) is 76.5 cm³/mol. The summed E-state index contributed by atoms with van der Waals surface area (Å²) in [6, 6.07) is 7.13. The van der Waals surface area contributed by atoms with Crippen LogP contribution in [0.2, 0.25) is 0 Å². The number of halogens is 1. The molecule has 1 aromatic rings. The Morgan fingerprint density at radius 3 is 2.61 bits per heavy atom. The number of primary amides is 1. The average molecular weight is 315 g/mol. The first kappa shape index (κ1) is 15.0. The number of hydrogen-bond acceptors (Lipinski definition) is 3. The van der Waals surface area contributed by atoms with E-state index in [1.165, 1.54) is 0 Å². The Morgan fingerprint density at radius 1 is 1.50 bits per heavy atom. The van der Waals surface area contributed by atoms with E-state index in [2.05, 4.69) is 21.2 Å². The molecule has 100 valence electrons. The van der Waals surface area contributed by atoms with Crippen LogP contribution in [0.5, 0.6) is 0 Å². The highest BCUT2D eigenvalue weighted by atomic mass is 79.9. The van der Waals surface area contributed by atoms with Gasteiger partial charge in [0.15, 0.2) is 0 Å². The highest BCUT2D eigenvalue weighted by molar-refractivity contribution is 9.10. The van der Waals surface area contributed by atoms with Crippen molar-refractivity contribution in [1.82, 2.24) is 0 Å². The van der Waals surface area contributed by atoms with Crippen LogP contribution in [0.25, 0.3) is 0 Å². The van der Waals surface area contributed by atoms with Gasteiger partial charge in [0.05, 0.1) is 5.60 Å². The molecule has 4 nitrogen and oxygen atoms in total. The molecule has 0 fully saturated rings. The summed E-state index contributed by atoms with van der Waals surface area (Å²) in [7, 11) is 1.62. The van der Waals surface area contributed by atoms with E-state index < -0.39 is 17.6 Å². The van der Waals surface area contributed by atoms with Gasteiger partial charge in [-0.3, -0.25) is 4.79 Å². The molecule has 0 aromatic heterocycles. The van der Waals surface area contributed by atoms with Gasteiger partial charge < -0.3 is 15.8 Å². The van der Waals surface area contributed by atoms with Gasteiger partial charge in [0.1, 0.15) is 6.04 Å². The molecule has 0 aliphatic heterocycles. The first-order valence-electron chi connectivity index (χ1n) is 5.71. The van der Waals surface area contributed by atoms with Crippen LogP contribution in [0, 0.1) is 0 Å². The van der Waals surface area contributed by atoms with E-state index in [1.807, 2.05) is 38.1 Å². The number of methoxy groups -OCH3 is 1. The van der Waals surface area contributed by atoms with E-state index in [1.54, 1.807) is 7.11 Å². The molecule has 0 spiro atoms. The third-order valence-electron chi connectivity index (χ3n) is 2.80. The molecule has 0 radical (unpaired) electrons. The Hall–Kier alpha value is -1.07. The Balaban J connectivity index is 2.82. The predicted octanol–water partition coefficient (Wildman–Crippen LogP) is 2.53. The second-order valence-electron chi connectivity index (χ2n) is 4.75. The molecule has 0 bridgehead atoms. The molecule has 1 aromatic carbocycles. The number of hydrogen-bond donors (Lipinski definition) is 2. The lowest BCUT2D eigenvalue weighted by Gasteiger charge is -2.28. The summed E-state index contributed by atoms with van der Waals surface area (Å²) >= 11 is 3.42. The number of ether oxygens (including phenoxy) is 1. The summed E-state index contributed by atoms with van der Waals surface area (Å²) in [5, 5.41) is 3.14. The van der Waals surface area contributed by atoms with Crippen LogP contribution in [-0.2, 0) is 9.53 Å². The molecule has 1 amide bonds. The van der Waals surface area contributed by atoms with Gasteiger partial charge in [0.2, 0.25) is 5.91 Å². The number of nitrogens with two attached hydrogens (primary N) is 1. The molecular weight excluding hydrogens is 296 g/mol. The van der Waals surface area contributed by atoms with Crippen molar-refractivity contribution in [1.29, 1.82) is 0 Å². The number of para-hydroxylation sites is 1. The maximum atomic E-state index is 11.5. The van der Waals surface area contributed by atoms with E-state index >= 15 is 0 Å². The van der Waals surface area contributed by atoms with E-state index in [0.29, 0.717) is 6.42 Å². The third-order valence-corrected chi connectivity index (χ3v) is 3.49. The number of rotatable bonds is 6. The summed E-state index contributed by atoms with van der Waals surface area (Å²) in [6.45, 7) is 3.84. The third kappa shape index (κ3) is 4.31. The van der Waals surface area contributed by atoms with Gasteiger partial charge in [-0.15, -0.1) is 0 Å². The fourth-order valence-electron chi connectivity index (χ4n) is 1.56. The normalized spacial score (nSPS) is 13.1. The lowest BCUT2D eigenvalue weighted by molar-refractivity contribution is -0.120. The highest BCUT2D eigenvalue weighted by Gasteiger charge is 2.26. The van der Waals surface area contributed by atoms with E-state index in [0.717, 1.165) is 10.2 Å². The first-order valence-corrected chi connectivity index (χ1v) is 6.50. The second kappa shape index (κ2) is 6.20. The quantitative estimate of drug-likeness (QED) is 0.848. The topological polar surface area (TPSA) is 64.3 Å². The molecule has 0 aliphatic rings. The van der Waals surface area contributed by atoms with Gasteiger partial charge in [-0.05, 0) is 41.9 Å². The fourth-order valence-corrected chi connectivity index (χ4v) is 1.96. The van der Waals surface area contributed by atoms with Crippen LogP contribution in [0.3, 0.4) is 0 Å². The monoisotopic (exact) mass is 314 g/mol. The highest BCUT2D eigenvalue weighted by Crippen LogP contribution is 2.24. The lowest BCUT2D eigenvalue weighted by Crippen LogP contribution is -2.41. The maximum absolute atomic E-state index is 11.5. The number of amides is 1. The molecule has 3 N–H and O–H groups in total. The zero-order chi connectivity index (χ0) is 13.8. The number of anilines is 1. The molecule has 0 heterocycles. The number of benzene rings is 1. The van der Waals surface area contributed by atoms with Gasteiger partial charge in [-0.1, -0.05) is 12.1 Å². The minimum atomic E-state index is -0.473. The SMILES string of the molecule is COC(C)(C)CC(Nc1ccccc1Br)C(N)=O. The first-order chi connectivity index (χ1) is 8.35. The van der Waals surface area contributed by atoms with Gasteiger partial charge in [0, 0.05) is 23.7 Å². The van der Waals surface area contributed by atoms with Crippen molar-refractivity contribution >= 4 is 27.5 Å². The summed E-state index contributed by atoms with van der Waals surface area (Å²) in [5.41, 5.74) is 5.86. The molecule has 1 atom stereocenters. The zero-order valence-electron chi connectivity index (χ0n) is 10.9. The summed E-state index contributed by atoms with van der Waals surface area (Å²) < 4.78 is 6.22. The maximum Gasteiger partial charge on any atom is 0.240 e. The van der Waals surface area contributed by atoms with Crippen LogP contribution in [-0.4, -0.2) is 24.7 Å². The summed E-state index contributed by atoms with van der Waals surface area (Å²) in [4.78, 5) is 11.5. The molecule has 18 heavy (non-hydrogen) atoms. The van der Waals surface area contributed by atoms with E-state index in [-0.39, 0.29) is 0 Å². The van der Waals surface area contributed by atoms with Gasteiger partial charge >= 0.3 is 0 Å². The molecule has 0 saturated carbocycles. The molecular formula is C13H19BrN2O2. The minimum Gasteiger partial charge on any atom is -0.379 e. The summed E-state index contributed by atoms with van der Waals surface area (Å²) in [6.07, 6.45) is 0.500. The van der Waals surface area contributed by atoms with Crippen molar-refractivity contribution in [3.63, 3.8) is 0 Å². The fraction of sp³-hybridized carbons (Fsp3) is 0.462. The molecule has 1 rings (SSSR count). The van der Waals surface area contributed by atoms with Gasteiger partial charge in [-0.25, -0.2) is 0 Å². The lowest BCUT2D eigenvalue weighted by atomic mass is 9.98. The van der Waals surface area contributed by atoms with E-state index in [9.17, 15) is 4.79 Å². The largest absolute Gasteiger partial charge is 0.379 e. The standard InChI is InChI=1S/C13H19BrN2O2/c1-13(2,18-3)8-11(12(15)17)16-10-7-5-4-6-9(10)14/h4-7,11,16H,8H2,1-3H3,(H2,15,17). The van der Waals surface area contributed by atoms with Gasteiger partial charge in [-0.2, -0.15) is 0 Å². The van der Waals surface area contributed by atoms with Crippen molar-refractivity contribution in [2.24, 2.45) is 5.73 Å². The second-order valence-corrected chi connectivity index (χ2v) is 5.60. The van der Waals surface area contributed by atoms with Crippen LogP contribution < -0.4 is 11.1 Å². The summed E-state index contributed by atoms with van der Waals surface area (Å²) in [5.74, 6) is -0.393. The van der Waals surface area contributed by atoms with Crippen molar-refractivity contribution in [3.05, 3.63) is 28.7 Å². The van der Waals surface area contributed by atoms with Crippen molar-refractivity contribution in [2.75, 3.05) is 12.4 Å². The molecule has 5 heteroatoms. The van der Waals surface area contributed by atoms with Crippen LogP contribution in [0.4, 0.5) is 5.69 Å². The Morgan fingerprint density at radius 2 is 2.11 bits per heavy atom. The molecule has 0 saturated heterocycles. The zero-order valence-corrected chi connectivity index (χ0v) is 12.5. The van der Waals surface area contributed by atoms with Crippen molar-refractivity contribution in [2.45, 2.75) is 31.9 Å². The van der Waals surface area contributed by atoms with Crippen molar-refractivity contribution in [3.8, 4) is 0 Å². The van der Waals surface area contributed by atoms with E-state index in [4.69, 9.17) is 10.5 Å². The number of nitrogens with one attached hydrogen (secondary N) is 1. The number of carbonyl (C=O) groups is 1.